The molecule has 0 saturated heterocycles. The van der Waals surface area contributed by atoms with E-state index in [1.54, 1.807) is 6.92 Å². The summed E-state index contributed by atoms with van der Waals surface area (Å²) in [6, 6.07) is 13.5. The molecule has 1 aliphatic heterocycles. The van der Waals surface area contributed by atoms with Crippen molar-refractivity contribution in [3.8, 4) is 16.9 Å². The Morgan fingerprint density at radius 3 is 2.56 bits per heavy atom. The number of hydrogen-bond donors (Lipinski definition) is 0. The van der Waals surface area contributed by atoms with E-state index >= 15 is 0 Å². The van der Waals surface area contributed by atoms with Crippen molar-refractivity contribution in [3.05, 3.63) is 53.1 Å². The normalized spacial score (nSPS) is 17.4. The first kappa shape index (κ1) is 11.3. The van der Waals surface area contributed by atoms with Crippen molar-refractivity contribution in [3.63, 3.8) is 0 Å². The van der Waals surface area contributed by atoms with Crippen LogP contribution in [0.15, 0.2) is 42.5 Å². The summed E-state index contributed by atoms with van der Waals surface area (Å²) in [7, 11) is 0. The van der Waals surface area contributed by atoms with Crippen LogP contribution in [0.1, 0.15) is 17.3 Å². The lowest BCUT2D eigenvalue weighted by Gasteiger charge is -2.06. The van der Waals surface area contributed by atoms with Crippen LogP contribution in [0.2, 0.25) is 5.02 Å². The third-order valence-electron chi connectivity index (χ3n) is 3.08. The molecule has 3 rings (SSSR count). The zero-order valence-electron chi connectivity index (χ0n) is 9.81. The third kappa shape index (κ3) is 1.70. The van der Waals surface area contributed by atoms with Crippen molar-refractivity contribution in [1.29, 1.82) is 0 Å². The molecule has 0 saturated carbocycles. The average Bonchev–Trinajstić information content (AvgIpc) is 2.68. The molecule has 3 heteroatoms. The van der Waals surface area contributed by atoms with Gasteiger partial charge in [-0.1, -0.05) is 41.9 Å². The van der Waals surface area contributed by atoms with Crippen molar-refractivity contribution >= 4 is 17.4 Å². The summed E-state index contributed by atoms with van der Waals surface area (Å²) in [5.41, 5.74) is 2.55. The largest absolute Gasteiger partial charge is 0.480 e. The molecule has 0 aliphatic carbocycles. The fourth-order valence-corrected chi connectivity index (χ4v) is 2.41. The molecule has 0 fully saturated rings. The van der Waals surface area contributed by atoms with Gasteiger partial charge in [0.15, 0.2) is 6.10 Å². The van der Waals surface area contributed by atoms with Crippen molar-refractivity contribution in [1.82, 2.24) is 0 Å². The van der Waals surface area contributed by atoms with Gasteiger partial charge in [-0.25, -0.2) is 0 Å². The van der Waals surface area contributed by atoms with Crippen molar-refractivity contribution in [2.24, 2.45) is 0 Å². The molecule has 18 heavy (non-hydrogen) atoms. The van der Waals surface area contributed by atoms with E-state index in [1.807, 2.05) is 42.5 Å². The average molecular weight is 259 g/mol. The number of carbonyl (C=O) groups excluding carboxylic acids is 1. The molecule has 1 aliphatic rings. The number of hydrogen-bond acceptors (Lipinski definition) is 2. The third-order valence-corrected chi connectivity index (χ3v) is 3.36. The number of fused-ring (bicyclic) bond motifs is 1. The number of carbonyl (C=O) groups is 1. The molecule has 1 atom stereocenters. The number of benzene rings is 2. The first-order chi connectivity index (χ1) is 8.66. The quantitative estimate of drug-likeness (QED) is 0.774. The van der Waals surface area contributed by atoms with E-state index in [4.69, 9.17) is 16.3 Å². The second-order valence-electron chi connectivity index (χ2n) is 4.33. The Kier molecular flexibility index (Phi) is 2.60. The van der Waals surface area contributed by atoms with E-state index in [9.17, 15) is 4.79 Å². The molecule has 2 aromatic rings. The Hall–Kier alpha value is -1.80. The topological polar surface area (TPSA) is 26.3 Å². The fourth-order valence-electron chi connectivity index (χ4n) is 2.14. The molecule has 90 valence electrons. The predicted octanol–water partition coefficient (Wildman–Crippen LogP) is 3.97. The van der Waals surface area contributed by atoms with Crippen LogP contribution in [-0.2, 0) is 0 Å². The maximum atomic E-state index is 11.9. The molecule has 1 unspecified atom stereocenters. The van der Waals surface area contributed by atoms with Crippen LogP contribution < -0.4 is 4.74 Å². The molecule has 0 bridgehead atoms. The Labute approximate surface area is 110 Å². The van der Waals surface area contributed by atoms with E-state index < -0.39 is 6.10 Å². The van der Waals surface area contributed by atoms with Gasteiger partial charge in [0, 0.05) is 0 Å². The molecule has 2 aromatic carbocycles. The second-order valence-corrected chi connectivity index (χ2v) is 4.73. The second kappa shape index (κ2) is 4.14. The number of Topliss-reactive ketones (excluding diaryl/α,β-unsaturated/α-hetero) is 1. The molecule has 1 heterocycles. The van der Waals surface area contributed by atoms with Gasteiger partial charge in [-0.3, -0.25) is 4.79 Å². The van der Waals surface area contributed by atoms with Gasteiger partial charge in [-0.2, -0.15) is 0 Å². The predicted molar refractivity (Wildman–Crippen MR) is 71.3 cm³/mol. The highest BCUT2D eigenvalue weighted by molar-refractivity contribution is 6.33. The highest BCUT2D eigenvalue weighted by atomic mass is 35.5. The molecular formula is C15H11ClO2. The Morgan fingerprint density at radius 2 is 1.83 bits per heavy atom. The van der Waals surface area contributed by atoms with Crippen molar-refractivity contribution in [2.75, 3.05) is 0 Å². The molecule has 0 N–H and O–H groups in total. The summed E-state index contributed by atoms with van der Waals surface area (Å²) in [5, 5.41) is 0.490. The van der Waals surface area contributed by atoms with Crippen LogP contribution in [-0.4, -0.2) is 11.9 Å². The van der Waals surface area contributed by atoms with Crippen LogP contribution in [0.3, 0.4) is 0 Å². The molecule has 0 radical (unpaired) electrons. The number of halogens is 1. The minimum Gasteiger partial charge on any atom is -0.480 e. The minimum absolute atomic E-state index is 0.00955. The summed E-state index contributed by atoms with van der Waals surface area (Å²) in [6.45, 7) is 1.74. The van der Waals surface area contributed by atoms with E-state index in [0.717, 1.165) is 11.1 Å². The van der Waals surface area contributed by atoms with Crippen LogP contribution >= 0.6 is 11.6 Å². The maximum Gasteiger partial charge on any atom is 0.206 e. The monoisotopic (exact) mass is 258 g/mol. The Morgan fingerprint density at radius 1 is 1.11 bits per heavy atom. The first-order valence-corrected chi connectivity index (χ1v) is 6.14. The van der Waals surface area contributed by atoms with E-state index in [2.05, 4.69) is 0 Å². The molecule has 0 aromatic heterocycles. The van der Waals surface area contributed by atoms with Gasteiger partial charge in [0.1, 0.15) is 5.75 Å². The van der Waals surface area contributed by atoms with Gasteiger partial charge in [0.25, 0.3) is 0 Å². The lowest BCUT2D eigenvalue weighted by molar-refractivity contribution is 0.0878. The lowest BCUT2D eigenvalue weighted by atomic mass is 10.0. The summed E-state index contributed by atoms with van der Waals surface area (Å²) in [5.74, 6) is 0.499. The fraction of sp³-hybridized carbons (Fsp3) is 0.133. The van der Waals surface area contributed by atoms with Crippen LogP contribution in [0, 0.1) is 0 Å². The standard InChI is InChI=1S/C15H11ClO2/c1-9-14(17)12-7-11(8-13(16)15(12)18-9)10-5-3-2-4-6-10/h2-9H,1H3. The molecule has 0 amide bonds. The summed E-state index contributed by atoms with van der Waals surface area (Å²) < 4.78 is 5.46. The zero-order valence-corrected chi connectivity index (χ0v) is 10.6. The first-order valence-electron chi connectivity index (χ1n) is 5.76. The number of rotatable bonds is 1. The van der Waals surface area contributed by atoms with E-state index in [0.29, 0.717) is 16.3 Å². The summed E-state index contributed by atoms with van der Waals surface area (Å²) >= 11 is 6.18. The number of ether oxygens (including phenoxy) is 1. The maximum absolute atomic E-state index is 11.9. The Bertz CT molecular complexity index is 620. The van der Waals surface area contributed by atoms with Crippen LogP contribution in [0.4, 0.5) is 0 Å². The van der Waals surface area contributed by atoms with E-state index in [-0.39, 0.29) is 5.78 Å². The smallest absolute Gasteiger partial charge is 0.206 e. The van der Waals surface area contributed by atoms with Gasteiger partial charge >= 0.3 is 0 Å². The van der Waals surface area contributed by atoms with Crippen LogP contribution in [0.5, 0.6) is 5.75 Å². The number of ketones is 1. The van der Waals surface area contributed by atoms with Crippen molar-refractivity contribution < 1.29 is 9.53 Å². The molecule has 0 spiro atoms. The molecular weight excluding hydrogens is 248 g/mol. The SMILES string of the molecule is CC1Oc2c(Cl)cc(-c3ccccc3)cc2C1=O. The van der Waals surface area contributed by atoms with E-state index in [1.165, 1.54) is 0 Å². The summed E-state index contributed by atoms with van der Waals surface area (Å²) in [4.78, 5) is 11.9. The van der Waals surface area contributed by atoms with Gasteiger partial charge in [0.2, 0.25) is 5.78 Å². The highest BCUT2D eigenvalue weighted by Gasteiger charge is 2.31. The minimum atomic E-state index is -0.441. The van der Waals surface area contributed by atoms with Gasteiger partial charge < -0.3 is 4.74 Å². The summed E-state index contributed by atoms with van der Waals surface area (Å²) in [6.07, 6.45) is -0.441. The zero-order chi connectivity index (χ0) is 12.7. The highest BCUT2D eigenvalue weighted by Crippen LogP contribution is 2.39. The Balaban J connectivity index is 2.16. The molecule has 2 nitrogen and oxygen atoms in total. The van der Waals surface area contributed by atoms with Gasteiger partial charge in [0.05, 0.1) is 10.6 Å². The van der Waals surface area contributed by atoms with Gasteiger partial charge in [-0.05, 0) is 30.2 Å². The van der Waals surface area contributed by atoms with Crippen LogP contribution in [0.25, 0.3) is 11.1 Å². The van der Waals surface area contributed by atoms with Crippen molar-refractivity contribution in [2.45, 2.75) is 13.0 Å². The lowest BCUT2D eigenvalue weighted by Crippen LogP contribution is -2.14. The van der Waals surface area contributed by atoms with Gasteiger partial charge in [-0.15, -0.1) is 0 Å².